The second-order valence-electron chi connectivity index (χ2n) is 4.05. The molecule has 0 aliphatic rings. The maximum atomic E-state index is 12.1. The quantitative estimate of drug-likeness (QED) is 0.769. The Kier molecular flexibility index (Phi) is 5.03. The Labute approximate surface area is 118 Å². The molecule has 106 valence electrons. The number of thiazole rings is 1. The first-order chi connectivity index (χ1) is 9.69. The molecule has 1 aromatic heterocycles. The highest BCUT2D eigenvalue weighted by atomic mass is 32.1. The topological polar surface area (TPSA) is 71.5 Å². The summed E-state index contributed by atoms with van der Waals surface area (Å²) in [5.41, 5.74) is 1.51. The van der Waals surface area contributed by atoms with Gasteiger partial charge < -0.3 is 10.4 Å². The second-order valence-corrected chi connectivity index (χ2v) is 4.99. The van der Waals surface area contributed by atoms with Gasteiger partial charge in [0.15, 0.2) is 5.75 Å². The molecule has 1 aromatic carbocycles. The Morgan fingerprint density at radius 1 is 1.50 bits per heavy atom. The molecule has 0 radical (unpaired) electrons. The number of aliphatic carboxylic acids is 1. The van der Waals surface area contributed by atoms with Crippen LogP contribution in [-0.4, -0.2) is 22.6 Å². The van der Waals surface area contributed by atoms with Crippen molar-refractivity contribution in [3.63, 3.8) is 0 Å². The normalized spacial score (nSPS) is 10.4. The van der Waals surface area contributed by atoms with Crippen molar-refractivity contribution in [2.24, 2.45) is 0 Å². The third-order valence-corrected chi connectivity index (χ3v) is 3.41. The van der Waals surface area contributed by atoms with Gasteiger partial charge in [-0.1, -0.05) is 12.1 Å². The van der Waals surface area contributed by atoms with E-state index in [1.165, 1.54) is 17.4 Å². The molecule has 0 bridgehead atoms. The van der Waals surface area contributed by atoms with E-state index >= 15 is 0 Å². The van der Waals surface area contributed by atoms with Gasteiger partial charge in [-0.05, 0) is 12.1 Å². The zero-order valence-corrected chi connectivity index (χ0v) is 11.3. The molecular formula is C13H13FN2O3S. The molecule has 2 rings (SSSR count). The molecule has 5 nitrogen and oxygen atoms in total. The standard InChI is InChI=1S/C13H13FN2O3S/c14-19-10-3-1-2-9(6-10)11-8-20-12(16-11)7-15-5-4-13(17)18/h1-3,6,8,15H,4-5,7H2,(H,17,18). The van der Waals surface area contributed by atoms with Gasteiger partial charge in [0.2, 0.25) is 0 Å². The number of benzene rings is 1. The molecule has 0 aliphatic heterocycles. The molecule has 2 aromatic rings. The van der Waals surface area contributed by atoms with Gasteiger partial charge >= 0.3 is 5.97 Å². The number of hydrogen-bond acceptors (Lipinski definition) is 5. The van der Waals surface area contributed by atoms with E-state index in [-0.39, 0.29) is 12.2 Å². The summed E-state index contributed by atoms with van der Waals surface area (Å²) < 4.78 is 12.1. The van der Waals surface area contributed by atoms with Crippen LogP contribution in [0.4, 0.5) is 4.53 Å². The van der Waals surface area contributed by atoms with Gasteiger partial charge in [-0.2, -0.15) is 0 Å². The minimum atomic E-state index is -0.833. The summed E-state index contributed by atoms with van der Waals surface area (Å²) in [6, 6.07) is 6.59. The molecule has 1 heterocycles. The van der Waals surface area contributed by atoms with Crippen LogP contribution >= 0.6 is 11.3 Å². The minimum Gasteiger partial charge on any atom is -0.481 e. The third-order valence-electron chi connectivity index (χ3n) is 2.56. The molecule has 20 heavy (non-hydrogen) atoms. The van der Waals surface area contributed by atoms with Crippen molar-refractivity contribution < 1.29 is 19.4 Å². The lowest BCUT2D eigenvalue weighted by Gasteiger charge is -2.00. The van der Waals surface area contributed by atoms with E-state index in [4.69, 9.17) is 5.11 Å². The fourth-order valence-corrected chi connectivity index (χ4v) is 2.39. The van der Waals surface area contributed by atoms with E-state index in [2.05, 4.69) is 15.2 Å². The molecule has 0 spiro atoms. The summed E-state index contributed by atoms with van der Waals surface area (Å²) in [5, 5.41) is 14.2. The Morgan fingerprint density at radius 3 is 3.10 bits per heavy atom. The van der Waals surface area contributed by atoms with Crippen molar-refractivity contribution in [3.05, 3.63) is 34.7 Å². The average molecular weight is 296 g/mol. The second kappa shape index (κ2) is 6.97. The summed E-state index contributed by atoms with van der Waals surface area (Å²) in [6.07, 6.45) is 0.0775. The van der Waals surface area contributed by atoms with Crippen LogP contribution in [0.15, 0.2) is 29.6 Å². The van der Waals surface area contributed by atoms with Crippen LogP contribution in [0.5, 0.6) is 5.75 Å². The van der Waals surface area contributed by atoms with Crippen molar-refractivity contribution in [3.8, 4) is 17.0 Å². The fourth-order valence-electron chi connectivity index (χ4n) is 1.62. The Morgan fingerprint density at radius 2 is 2.35 bits per heavy atom. The first kappa shape index (κ1) is 14.4. The van der Waals surface area contributed by atoms with E-state index in [9.17, 15) is 9.32 Å². The Balaban J connectivity index is 1.96. The van der Waals surface area contributed by atoms with Crippen molar-refractivity contribution >= 4 is 17.3 Å². The van der Waals surface area contributed by atoms with Crippen LogP contribution in [-0.2, 0) is 11.3 Å². The zero-order chi connectivity index (χ0) is 14.4. The summed E-state index contributed by atoms with van der Waals surface area (Å²) in [7, 11) is 0. The first-order valence-corrected chi connectivity index (χ1v) is 6.83. The molecule has 7 heteroatoms. The van der Waals surface area contributed by atoms with Crippen molar-refractivity contribution in [2.75, 3.05) is 6.54 Å². The lowest BCUT2D eigenvalue weighted by atomic mass is 10.2. The first-order valence-electron chi connectivity index (χ1n) is 5.95. The van der Waals surface area contributed by atoms with Gasteiger partial charge in [-0.15, -0.1) is 11.3 Å². The van der Waals surface area contributed by atoms with Crippen LogP contribution in [0.3, 0.4) is 0 Å². The number of nitrogens with zero attached hydrogens (tertiary/aromatic N) is 1. The van der Waals surface area contributed by atoms with Gasteiger partial charge in [-0.3, -0.25) is 9.74 Å². The summed E-state index contributed by atoms with van der Waals surface area (Å²) in [6.45, 7) is 0.909. The predicted molar refractivity (Wildman–Crippen MR) is 73.2 cm³/mol. The van der Waals surface area contributed by atoms with E-state index in [1.54, 1.807) is 12.1 Å². The summed E-state index contributed by atoms with van der Waals surface area (Å²) in [5.74, 6) is -0.697. The largest absolute Gasteiger partial charge is 0.481 e. The number of carboxylic acids is 1. The number of rotatable bonds is 7. The molecular weight excluding hydrogens is 283 g/mol. The SMILES string of the molecule is O=C(O)CCNCc1nc(-c2cccc(OF)c2)cs1. The zero-order valence-electron chi connectivity index (χ0n) is 10.5. The van der Waals surface area contributed by atoms with Crippen molar-refractivity contribution in [1.82, 2.24) is 10.3 Å². The van der Waals surface area contributed by atoms with E-state index in [1.807, 2.05) is 11.4 Å². The van der Waals surface area contributed by atoms with E-state index in [0.29, 0.717) is 13.1 Å². The lowest BCUT2D eigenvalue weighted by molar-refractivity contribution is -0.136. The summed E-state index contributed by atoms with van der Waals surface area (Å²) in [4.78, 5) is 18.5. The highest BCUT2D eigenvalue weighted by molar-refractivity contribution is 7.09. The smallest absolute Gasteiger partial charge is 0.304 e. The van der Waals surface area contributed by atoms with Gasteiger partial charge in [0.05, 0.1) is 12.1 Å². The predicted octanol–water partition coefficient (Wildman–Crippen LogP) is 2.64. The fraction of sp³-hybridized carbons (Fsp3) is 0.231. The Hall–Kier alpha value is -1.99. The molecule has 2 N–H and O–H groups in total. The number of hydrogen-bond donors (Lipinski definition) is 2. The van der Waals surface area contributed by atoms with Crippen molar-refractivity contribution in [2.45, 2.75) is 13.0 Å². The van der Waals surface area contributed by atoms with Crippen LogP contribution in [0, 0.1) is 0 Å². The van der Waals surface area contributed by atoms with E-state index in [0.717, 1.165) is 16.3 Å². The number of aromatic nitrogens is 1. The number of carboxylic acid groups (broad SMARTS) is 1. The van der Waals surface area contributed by atoms with Crippen LogP contribution in [0.25, 0.3) is 11.3 Å². The van der Waals surface area contributed by atoms with Gasteiger partial charge in [0.25, 0.3) is 0 Å². The molecule has 0 saturated heterocycles. The van der Waals surface area contributed by atoms with Gasteiger partial charge in [-0.25, -0.2) is 4.98 Å². The van der Waals surface area contributed by atoms with Gasteiger partial charge in [0.1, 0.15) is 5.01 Å². The van der Waals surface area contributed by atoms with Crippen molar-refractivity contribution in [1.29, 1.82) is 0 Å². The third kappa shape index (κ3) is 4.01. The van der Waals surface area contributed by atoms with Crippen LogP contribution in [0.1, 0.15) is 11.4 Å². The lowest BCUT2D eigenvalue weighted by Crippen LogP contribution is -2.17. The Bertz CT molecular complexity index is 589. The molecule has 0 unspecified atom stereocenters. The monoisotopic (exact) mass is 296 g/mol. The summed E-state index contributed by atoms with van der Waals surface area (Å²) >= 11 is 1.46. The maximum Gasteiger partial charge on any atom is 0.304 e. The highest BCUT2D eigenvalue weighted by Gasteiger charge is 2.06. The molecule has 0 amide bonds. The van der Waals surface area contributed by atoms with Crippen LogP contribution < -0.4 is 10.3 Å². The number of nitrogens with one attached hydrogen (secondary N) is 1. The molecule has 0 aliphatic carbocycles. The average Bonchev–Trinajstić information content (AvgIpc) is 2.92. The number of halogens is 1. The van der Waals surface area contributed by atoms with Gasteiger partial charge in [0, 0.05) is 28.6 Å². The molecule has 0 atom stereocenters. The minimum absolute atomic E-state index is 0.0775. The van der Waals surface area contributed by atoms with Crippen LogP contribution in [0.2, 0.25) is 0 Å². The molecule has 0 fully saturated rings. The maximum absolute atomic E-state index is 12.1. The number of carbonyl (C=O) groups is 1. The van der Waals surface area contributed by atoms with E-state index < -0.39 is 5.97 Å². The highest BCUT2D eigenvalue weighted by Crippen LogP contribution is 2.25. The molecule has 0 saturated carbocycles.